The molecule has 1 atom stereocenters. The van der Waals surface area contributed by atoms with Crippen molar-refractivity contribution < 1.29 is 19.2 Å². The maximum atomic E-state index is 12.7. The Morgan fingerprint density at radius 1 is 0.611 bits per heavy atom. The van der Waals surface area contributed by atoms with Gasteiger partial charge in [0.25, 0.3) is 0 Å². The highest BCUT2D eigenvalue weighted by molar-refractivity contribution is 6.36. The smallest absolute Gasteiger partial charge is 0.312 e. The van der Waals surface area contributed by atoms with Crippen molar-refractivity contribution in [3.8, 4) is 0 Å². The van der Waals surface area contributed by atoms with E-state index in [4.69, 9.17) is 0 Å². The van der Waals surface area contributed by atoms with Crippen LogP contribution in [0.5, 0.6) is 0 Å². The number of carbonyl (C=O) groups excluding carboxylic acids is 4. The van der Waals surface area contributed by atoms with E-state index in [1.54, 1.807) is 14.7 Å². The van der Waals surface area contributed by atoms with Crippen molar-refractivity contribution in [1.29, 1.82) is 0 Å². The fourth-order valence-corrected chi connectivity index (χ4v) is 6.67. The highest BCUT2D eigenvalue weighted by Crippen LogP contribution is 2.28. The second-order valence-electron chi connectivity index (χ2n) is 11.5. The monoisotopic (exact) mass is 502 g/mol. The van der Waals surface area contributed by atoms with E-state index in [1.807, 2.05) is 0 Å². The molecule has 0 bridgehead atoms. The molecule has 0 aromatic carbocycles. The van der Waals surface area contributed by atoms with Crippen molar-refractivity contribution >= 4 is 23.6 Å². The molecule has 202 valence electrons. The number of amides is 4. The Hall–Kier alpha value is -2.12. The predicted molar refractivity (Wildman–Crippen MR) is 138 cm³/mol. The Morgan fingerprint density at radius 2 is 1.17 bits per heavy atom. The summed E-state index contributed by atoms with van der Waals surface area (Å²) in [5.41, 5.74) is 0. The van der Waals surface area contributed by atoms with Crippen molar-refractivity contribution in [1.82, 2.24) is 20.0 Å². The fraction of sp³-hybridized carbons (Fsp3) is 0.857. The maximum Gasteiger partial charge on any atom is 0.312 e. The second-order valence-corrected chi connectivity index (χ2v) is 11.5. The third kappa shape index (κ3) is 7.22. The van der Waals surface area contributed by atoms with Gasteiger partial charge in [-0.1, -0.05) is 64.2 Å². The van der Waals surface area contributed by atoms with Crippen LogP contribution in [0, 0.1) is 11.8 Å². The minimum Gasteiger partial charge on any atom is -0.346 e. The van der Waals surface area contributed by atoms with Crippen LogP contribution in [0.4, 0.5) is 0 Å². The Balaban J connectivity index is 1.17. The third-order valence-corrected chi connectivity index (χ3v) is 9.04. The van der Waals surface area contributed by atoms with Gasteiger partial charge < -0.3 is 20.0 Å². The molecule has 8 nitrogen and oxygen atoms in total. The van der Waals surface area contributed by atoms with Crippen molar-refractivity contribution in [3.63, 3.8) is 0 Å². The van der Waals surface area contributed by atoms with E-state index in [-0.39, 0.29) is 17.9 Å². The molecule has 2 saturated heterocycles. The fourth-order valence-electron chi connectivity index (χ4n) is 6.67. The first-order valence-electron chi connectivity index (χ1n) is 14.7. The summed E-state index contributed by atoms with van der Waals surface area (Å²) in [5.74, 6) is -0.210. The van der Waals surface area contributed by atoms with Crippen LogP contribution in [0.1, 0.15) is 96.3 Å². The molecule has 2 saturated carbocycles. The number of nitrogens with one attached hydrogen (secondary N) is 1. The van der Waals surface area contributed by atoms with Gasteiger partial charge >= 0.3 is 23.6 Å². The molecular weight excluding hydrogens is 456 g/mol. The van der Waals surface area contributed by atoms with Gasteiger partial charge in [-0.05, 0) is 43.9 Å². The first kappa shape index (κ1) is 26.9. The molecule has 0 unspecified atom stereocenters. The van der Waals surface area contributed by atoms with Crippen LogP contribution in [-0.4, -0.2) is 83.6 Å². The van der Waals surface area contributed by atoms with Gasteiger partial charge in [-0.3, -0.25) is 19.2 Å². The largest absolute Gasteiger partial charge is 0.346 e. The predicted octanol–water partition coefficient (Wildman–Crippen LogP) is 3.10. The lowest BCUT2D eigenvalue weighted by Gasteiger charge is -2.37. The molecule has 2 aliphatic carbocycles. The van der Waals surface area contributed by atoms with Crippen LogP contribution in [-0.2, 0) is 19.2 Å². The molecule has 4 rings (SSSR count). The van der Waals surface area contributed by atoms with Gasteiger partial charge in [-0.15, -0.1) is 0 Å². The lowest BCUT2D eigenvalue weighted by Crippen LogP contribution is -2.58. The molecule has 4 amide bonds. The topological polar surface area (TPSA) is 90.0 Å². The average Bonchev–Trinajstić information content (AvgIpc) is 2.91. The molecule has 8 heteroatoms. The van der Waals surface area contributed by atoms with Gasteiger partial charge in [-0.25, -0.2) is 0 Å². The molecule has 0 aromatic heterocycles. The maximum absolute atomic E-state index is 12.7. The molecule has 36 heavy (non-hydrogen) atoms. The molecule has 4 aliphatic rings. The Bertz CT molecular complexity index is 776. The SMILES string of the molecule is O=C1NC[C@H](CCCCN2CCN(CCC3CCCCC3)C(=O)C2=O)N(CCC2CCCCC2)C1=O. The summed E-state index contributed by atoms with van der Waals surface area (Å²) in [6.07, 6.45) is 17.3. The van der Waals surface area contributed by atoms with Gasteiger partial charge in [0.2, 0.25) is 0 Å². The van der Waals surface area contributed by atoms with Crippen LogP contribution >= 0.6 is 0 Å². The van der Waals surface area contributed by atoms with Crippen LogP contribution in [0.2, 0.25) is 0 Å². The van der Waals surface area contributed by atoms with Gasteiger partial charge in [-0.2, -0.15) is 0 Å². The summed E-state index contributed by atoms with van der Waals surface area (Å²) in [6.45, 7) is 3.71. The molecule has 0 aromatic rings. The number of hydrogen-bond donors (Lipinski definition) is 1. The summed E-state index contributed by atoms with van der Waals surface area (Å²) < 4.78 is 0. The van der Waals surface area contributed by atoms with E-state index in [0.29, 0.717) is 51.1 Å². The summed E-state index contributed by atoms with van der Waals surface area (Å²) in [4.78, 5) is 55.2. The number of nitrogens with zero attached hydrogens (tertiary/aromatic N) is 3. The zero-order valence-corrected chi connectivity index (χ0v) is 22.1. The molecule has 0 spiro atoms. The average molecular weight is 503 g/mol. The number of unbranched alkanes of at least 4 members (excludes halogenated alkanes) is 1. The minimum absolute atomic E-state index is 0.0211. The summed E-state index contributed by atoms with van der Waals surface area (Å²) in [6, 6.07) is 0.0211. The lowest BCUT2D eigenvalue weighted by atomic mass is 9.86. The highest BCUT2D eigenvalue weighted by atomic mass is 16.2. The summed E-state index contributed by atoms with van der Waals surface area (Å²) in [5, 5.41) is 2.75. The van der Waals surface area contributed by atoms with Gasteiger partial charge in [0.15, 0.2) is 0 Å². The van der Waals surface area contributed by atoms with E-state index < -0.39 is 11.8 Å². The molecule has 0 radical (unpaired) electrons. The van der Waals surface area contributed by atoms with Crippen LogP contribution in [0.3, 0.4) is 0 Å². The zero-order chi connectivity index (χ0) is 25.3. The van der Waals surface area contributed by atoms with Gasteiger partial charge in [0, 0.05) is 45.3 Å². The first-order chi connectivity index (χ1) is 17.5. The number of hydrogen-bond acceptors (Lipinski definition) is 4. The zero-order valence-electron chi connectivity index (χ0n) is 22.1. The molecular formula is C28H46N4O4. The number of piperazine rings is 2. The van der Waals surface area contributed by atoms with E-state index in [0.717, 1.165) is 32.1 Å². The first-order valence-corrected chi connectivity index (χ1v) is 14.7. The molecule has 1 N–H and O–H groups in total. The van der Waals surface area contributed by atoms with Gasteiger partial charge in [0.1, 0.15) is 0 Å². The van der Waals surface area contributed by atoms with Crippen LogP contribution < -0.4 is 5.32 Å². The second kappa shape index (κ2) is 13.4. The molecule has 2 aliphatic heterocycles. The van der Waals surface area contributed by atoms with E-state index in [9.17, 15) is 19.2 Å². The number of rotatable bonds is 11. The van der Waals surface area contributed by atoms with Crippen molar-refractivity contribution in [3.05, 3.63) is 0 Å². The highest BCUT2D eigenvalue weighted by Gasteiger charge is 2.35. The standard InChI is InChI=1S/C28H46N4O4/c33-25-26(34)32(18-15-23-11-5-2-6-12-23)24(21-29-25)13-7-8-16-30-19-20-31(28(36)27(30)35)17-14-22-9-3-1-4-10-22/h22-24H,1-21H2,(H,29,33)/t24-/m0/s1. The Kier molecular flexibility index (Phi) is 10.0. The van der Waals surface area contributed by atoms with Crippen LogP contribution in [0.15, 0.2) is 0 Å². The summed E-state index contributed by atoms with van der Waals surface area (Å²) >= 11 is 0. The van der Waals surface area contributed by atoms with Crippen LogP contribution in [0.25, 0.3) is 0 Å². The lowest BCUT2D eigenvalue weighted by molar-refractivity contribution is -0.156. The van der Waals surface area contributed by atoms with E-state index >= 15 is 0 Å². The van der Waals surface area contributed by atoms with Crippen molar-refractivity contribution in [2.75, 3.05) is 39.3 Å². The van der Waals surface area contributed by atoms with Crippen molar-refractivity contribution in [2.24, 2.45) is 11.8 Å². The molecule has 2 heterocycles. The Labute approximate surface area is 216 Å². The quantitative estimate of drug-likeness (QED) is 0.347. The van der Waals surface area contributed by atoms with Gasteiger partial charge in [0.05, 0.1) is 0 Å². The van der Waals surface area contributed by atoms with Crippen molar-refractivity contribution in [2.45, 2.75) is 102 Å². The number of carbonyl (C=O) groups is 4. The third-order valence-electron chi connectivity index (χ3n) is 9.04. The minimum atomic E-state index is -0.486. The van der Waals surface area contributed by atoms with E-state index in [1.165, 1.54) is 64.2 Å². The summed E-state index contributed by atoms with van der Waals surface area (Å²) in [7, 11) is 0. The van der Waals surface area contributed by atoms with E-state index in [2.05, 4.69) is 5.32 Å². The molecule has 4 fully saturated rings. The normalized spacial score (nSPS) is 25.0. The Morgan fingerprint density at radius 3 is 1.78 bits per heavy atom.